The largest absolute Gasteiger partial charge is 1.00 e. The molecule has 1 atom stereocenters. The van der Waals surface area contributed by atoms with Gasteiger partial charge in [0.2, 0.25) is 0 Å². The van der Waals surface area contributed by atoms with Crippen LogP contribution in [0.15, 0.2) is 9.81 Å². The molecule has 0 aliphatic rings. The number of nitriles is 2. The van der Waals surface area contributed by atoms with Crippen LogP contribution in [-0.2, 0) is 0 Å². The molecule has 1 unspecified atom stereocenters. The molecule has 7 heteroatoms. The first-order valence-corrected chi connectivity index (χ1v) is 3.12. The fourth-order valence-electron chi connectivity index (χ4n) is 0.298. The first-order valence-electron chi connectivity index (χ1n) is 2.23. The molecule has 0 aliphatic carbocycles. The Labute approximate surface area is 129 Å². The van der Waals surface area contributed by atoms with Gasteiger partial charge in [-0.1, -0.05) is 0 Å². The molecule has 0 fully saturated rings. The van der Waals surface area contributed by atoms with Crippen LogP contribution in [0, 0.1) is 22.7 Å². The SMILES string of the molecule is N#CC(=C(S)S)C(O)C#N.[H-].[H-].[Na+].[Na+]. The molecule has 0 saturated heterocycles. The average Bonchev–Trinajstić information content (AvgIpc) is 1.88. The molecule has 0 amide bonds. The Morgan fingerprint density at radius 2 is 1.75 bits per heavy atom. The fourth-order valence-corrected chi connectivity index (χ4v) is 0.643. The second kappa shape index (κ2) is 10.5. The number of aliphatic hydroxyl groups is 1. The number of rotatable bonds is 1. The van der Waals surface area contributed by atoms with Gasteiger partial charge in [-0.3, -0.25) is 0 Å². The van der Waals surface area contributed by atoms with Crippen molar-refractivity contribution in [1.82, 2.24) is 0 Å². The van der Waals surface area contributed by atoms with E-state index in [2.05, 4.69) is 25.3 Å². The van der Waals surface area contributed by atoms with E-state index in [-0.39, 0.29) is 71.8 Å². The summed E-state index contributed by atoms with van der Waals surface area (Å²) in [6.45, 7) is 0. The van der Waals surface area contributed by atoms with Gasteiger partial charge in [0.25, 0.3) is 0 Å². The van der Waals surface area contributed by atoms with E-state index < -0.39 is 6.10 Å². The van der Waals surface area contributed by atoms with Crippen LogP contribution in [-0.4, -0.2) is 11.2 Å². The second-order valence-corrected chi connectivity index (χ2v) is 2.63. The maximum atomic E-state index is 8.75. The van der Waals surface area contributed by atoms with Gasteiger partial charge in [-0.05, 0) is 0 Å². The Morgan fingerprint density at radius 3 is 1.83 bits per heavy atom. The van der Waals surface area contributed by atoms with Gasteiger partial charge in [0.15, 0.2) is 6.10 Å². The van der Waals surface area contributed by atoms with E-state index in [4.69, 9.17) is 15.6 Å². The number of aliphatic hydroxyl groups excluding tert-OH is 1. The third-order valence-corrected chi connectivity index (χ3v) is 1.24. The third-order valence-electron chi connectivity index (χ3n) is 0.757. The molecule has 0 aliphatic heterocycles. The zero-order chi connectivity index (χ0) is 8.15. The topological polar surface area (TPSA) is 67.8 Å². The van der Waals surface area contributed by atoms with E-state index in [0.29, 0.717) is 0 Å². The van der Waals surface area contributed by atoms with Crippen molar-refractivity contribution in [1.29, 1.82) is 10.5 Å². The van der Waals surface area contributed by atoms with Gasteiger partial charge in [-0.15, -0.1) is 25.3 Å². The molecular weight excluding hydrogens is 214 g/mol. The molecule has 0 aromatic carbocycles. The van der Waals surface area contributed by atoms with Crippen molar-refractivity contribution in [2.75, 3.05) is 0 Å². The first kappa shape index (κ1) is 19.0. The normalized spacial score (nSPS) is 9.08. The van der Waals surface area contributed by atoms with Gasteiger partial charge < -0.3 is 7.96 Å². The van der Waals surface area contributed by atoms with Crippen LogP contribution >= 0.6 is 25.3 Å². The summed E-state index contributed by atoms with van der Waals surface area (Å²) in [6, 6.07) is 3.08. The molecule has 0 saturated carbocycles. The standard InChI is InChI=1S/C5H4N2OS2.2Na.2H/c6-1-3(5(9)10)4(8)2-7;;;;/h4,8-10H;;;;/q;2*+1;2*-1. The predicted octanol–water partition coefficient (Wildman–Crippen LogP) is -5.30. The molecule has 0 rings (SSSR count). The summed E-state index contributed by atoms with van der Waals surface area (Å²) in [7, 11) is 0. The molecule has 3 nitrogen and oxygen atoms in total. The van der Waals surface area contributed by atoms with Crippen LogP contribution in [0.4, 0.5) is 0 Å². The maximum absolute atomic E-state index is 8.75. The number of hydrogen-bond donors (Lipinski definition) is 3. The molecule has 0 radical (unpaired) electrons. The molecule has 56 valence electrons. The van der Waals surface area contributed by atoms with E-state index >= 15 is 0 Å². The van der Waals surface area contributed by atoms with Crippen LogP contribution in [0.5, 0.6) is 0 Å². The van der Waals surface area contributed by atoms with Crippen LogP contribution in [0.2, 0.25) is 0 Å². The molecule has 1 N–H and O–H groups in total. The Balaban J connectivity index is -0.0000000675. The minimum absolute atomic E-state index is 0. The van der Waals surface area contributed by atoms with Crippen molar-refractivity contribution in [2.24, 2.45) is 0 Å². The number of thiol groups is 2. The Morgan fingerprint density at radius 1 is 1.33 bits per heavy atom. The second-order valence-electron chi connectivity index (χ2n) is 1.38. The predicted molar refractivity (Wildman–Crippen MR) is 44.5 cm³/mol. The molecule has 0 heterocycles. The Bertz CT molecular complexity index is 247. The Kier molecular flexibility index (Phi) is 16.6. The fraction of sp³-hybridized carbons (Fsp3) is 0.200. The van der Waals surface area contributed by atoms with Crippen molar-refractivity contribution in [3.05, 3.63) is 9.81 Å². The summed E-state index contributed by atoms with van der Waals surface area (Å²) >= 11 is 7.35. The zero-order valence-corrected chi connectivity index (χ0v) is 12.6. The quantitative estimate of drug-likeness (QED) is 0.179. The van der Waals surface area contributed by atoms with Crippen molar-refractivity contribution in [3.63, 3.8) is 0 Å². The third kappa shape index (κ3) is 6.85. The van der Waals surface area contributed by atoms with Gasteiger partial charge in [-0.25, -0.2) is 0 Å². The van der Waals surface area contributed by atoms with E-state index in [9.17, 15) is 0 Å². The summed E-state index contributed by atoms with van der Waals surface area (Å²) < 4.78 is 0.0663. The van der Waals surface area contributed by atoms with Gasteiger partial charge in [-0.2, -0.15) is 10.5 Å². The van der Waals surface area contributed by atoms with Crippen molar-refractivity contribution < 1.29 is 67.1 Å². The van der Waals surface area contributed by atoms with Gasteiger partial charge in [0.05, 0.1) is 15.9 Å². The molecule has 0 bridgehead atoms. The zero-order valence-electron chi connectivity index (χ0n) is 8.81. The number of nitrogens with zero attached hydrogens (tertiary/aromatic N) is 2. The summed E-state index contributed by atoms with van der Waals surface area (Å²) in [5.41, 5.74) is -0.130. The van der Waals surface area contributed by atoms with Crippen LogP contribution in [0.3, 0.4) is 0 Å². The molecule has 0 aromatic heterocycles. The van der Waals surface area contributed by atoms with E-state index in [1.807, 2.05) is 0 Å². The van der Waals surface area contributed by atoms with E-state index in [0.717, 1.165) is 0 Å². The smallest absolute Gasteiger partial charge is 1.00 e. The maximum Gasteiger partial charge on any atom is 1.00 e. The van der Waals surface area contributed by atoms with Gasteiger partial charge >= 0.3 is 59.1 Å². The van der Waals surface area contributed by atoms with Crippen molar-refractivity contribution in [2.45, 2.75) is 6.10 Å². The van der Waals surface area contributed by atoms with E-state index in [1.165, 1.54) is 6.07 Å². The minimum Gasteiger partial charge on any atom is -1.00 e. The molecular formula is C5H6N2Na2OS2. The van der Waals surface area contributed by atoms with Crippen molar-refractivity contribution >= 4 is 25.3 Å². The Hall–Kier alpha value is 1.38. The molecule has 12 heavy (non-hydrogen) atoms. The monoisotopic (exact) mass is 220 g/mol. The summed E-state index contributed by atoms with van der Waals surface area (Å²) in [5.74, 6) is 0. The molecule has 0 aromatic rings. The van der Waals surface area contributed by atoms with Gasteiger partial charge in [0, 0.05) is 0 Å². The van der Waals surface area contributed by atoms with Crippen LogP contribution in [0.25, 0.3) is 0 Å². The summed E-state index contributed by atoms with van der Waals surface area (Å²) in [4.78, 5) is 0. The number of hydrogen-bond acceptors (Lipinski definition) is 5. The van der Waals surface area contributed by atoms with Crippen LogP contribution < -0.4 is 59.1 Å². The summed E-state index contributed by atoms with van der Waals surface area (Å²) in [5, 5.41) is 25.2. The van der Waals surface area contributed by atoms with Gasteiger partial charge in [0.1, 0.15) is 6.07 Å². The van der Waals surface area contributed by atoms with Crippen molar-refractivity contribution in [3.8, 4) is 12.1 Å². The average molecular weight is 220 g/mol. The summed E-state index contributed by atoms with van der Waals surface area (Å²) in [6.07, 6.45) is -1.42. The molecule has 0 spiro atoms. The minimum atomic E-state index is -1.42. The first-order chi connectivity index (χ1) is 4.63. The van der Waals surface area contributed by atoms with Crippen LogP contribution in [0.1, 0.15) is 2.85 Å². The van der Waals surface area contributed by atoms with E-state index in [1.54, 1.807) is 6.07 Å².